The van der Waals surface area contributed by atoms with Gasteiger partial charge in [0.25, 0.3) is 0 Å². The molecule has 1 nitrogen and oxygen atoms in total. The van der Waals surface area contributed by atoms with Crippen LogP contribution < -0.4 is 0 Å². The Kier molecular flexibility index (Phi) is 9.01. The van der Waals surface area contributed by atoms with Gasteiger partial charge in [0.05, 0.1) is 0 Å². The zero-order valence-corrected chi connectivity index (χ0v) is 15.3. The molecule has 0 radical (unpaired) electrons. The summed E-state index contributed by atoms with van der Waals surface area (Å²) in [5.41, 5.74) is 0. The van der Waals surface area contributed by atoms with Crippen molar-refractivity contribution < 1.29 is 4.79 Å². The minimum absolute atomic E-state index is 0.384. The Morgan fingerprint density at radius 3 is 1.70 bits per heavy atom. The number of hydrogen-bond acceptors (Lipinski definition) is 1. The molecule has 0 amide bonds. The maximum Gasteiger partial charge on any atom is 0.123 e. The Hall–Kier alpha value is -0.590. The molecule has 0 saturated heterocycles. The first-order valence-corrected chi connectivity index (χ1v) is 10.4. The molecule has 0 aromatic heterocycles. The van der Waals surface area contributed by atoms with Gasteiger partial charge in [0.1, 0.15) is 6.29 Å². The fraction of sp³-hybridized carbons (Fsp3) is 0.864. The zero-order valence-electron chi connectivity index (χ0n) is 15.3. The monoisotopic (exact) mass is 318 g/mol. The molecule has 0 aromatic rings. The van der Waals surface area contributed by atoms with Gasteiger partial charge in [-0.2, -0.15) is 0 Å². The van der Waals surface area contributed by atoms with Crippen LogP contribution in [-0.4, -0.2) is 6.29 Å². The number of allylic oxidation sites excluding steroid dienone is 2. The van der Waals surface area contributed by atoms with Crippen LogP contribution in [0.5, 0.6) is 0 Å². The van der Waals surface area contributed by atoms with E-state index in [0.717, 1.165) is 30.6 Å². The van der Waals surface area contributed by atoms with Gasteiger partial charge in [-0.3, -0.25) is 0 Å². The van der Waals surface area contributed by atoms with Gasteiger partial charge in [-0.1, -0.05) is 63.5 Å². The number of carbonyl (C=O) groups excluding carboxylic acids is 1. The molecule has 0 aromatic carbocycles. The summed E-state index contributed by atoms with van der Waals surface area (Å²) >= 11 is 0. The summed E-state index contributed by atoms with van der Waals surface area (Å²) in [5, 5.41) is 0. The topological polar surface area (TPSA) is 17.1 Å². The van der Waals surface area contributed by atoms with Crippen molar-refractivity contribution in [3.8, 4) is 0 Å². The van der Waals surface area contributed by atoms with Gasteiger partial charge in [-0.05, 0) is 63.2 Å². The third-order valence-electron chi connectivity index (χ3n) is 6.50. The maximum absolute atomic E-state index is 10.8. The van der Waals surface area contributed by atoms with Crippen LogP contribution in [0.1, 0.15) is 96.8 Å². The third kappa shape index (κ3) is 7.23. The fourth-order valence-corrected chi connectivity index (χ4v) is 4.79. The second kappa shape index (κ2) is 11.0. The van der Waals surface area contributed by atoms with E-state index in [0.29, 0.717) is 5.92 Å². The minimum atomic E-state index is 0.384. The average molecular weight is 319 g/mol. The van der Waals surface area contributed by atoms with Crippen molar-refractivity contribution >= 4 is 6.29 Å². The van der Waals surface area contributed by atoms with Crippen LogP contribution in [0.25, 0.3) is 0 Å². The van der Waals surface area contributed by atoms with Crippen molar-refractivity contribution in [1.29, 1.82) is 0 Å². The number of carbonyl (C=O) groups is 1. The molecular formula is C22H38O. The zero-order chi connectivity index (χ0) is 16.3. The van der Waals surface area contributed by atoms with Gasteiger partial charge in [0, 0.05) is 5.92 Å². The van der Waals surface area contributed by atoms with E-state index in [2.05, 4.69) is 19.1 Å². The molecule has 2 aliphatic rings. The maximum atomic E-state index is 10.8. The molecule has 132 valence electrons. The summed E-state index contributed by atoms with van der Waals surface area (Å²) in [6.07, 6.45) is 25.1. The quantitative estimate of drug-likeness (QED) is 0.262. The van der Waals surface area contributed by atoms with Gasteiger partial charge in [0.15, 0.2) is 0 Å². The van der Waals surface area contributed by atoms with Crippen LogP contribution in [0.3, 0.4) is 0 Å². The molecule has 1 heteroatoms. The summed E-state index contributed by atoms with van der Waals surface area (Å²) in [6, 6.07) is 0. The van der Waals surface area contributed by atoms with Crippen molar-refractivity contribution in [3.63, 3.8) is 0 Å². The molecule has 0 atom stereocenters. The number of rotatable bonds is 9. The number of hydrogen-bond donors (Lipinski definition) is 0. The molecule has 23 heavy (non-hydrogen) atoms. The molecule has 0 spiro atoms. The van der Waals surface area contributed by atoms with E-state index in [1.165, 1.54) is 83.3 Å². The van der Waals surface area contributed by atoms with Crippen LogP contribution in [0, 0.1) is 23.7 Å². The number of aldehydes is 1. The normalized spacial score (nSPS) is 32.2. The minimum Gasteiger partial charge on any atom is -0.303 e. The molecule has 2 rings (SSSR count). The summed E-state index contributed by atoms with van der Waals surface area (Å²) in [7, 11) is 0. The van der Waals surface area contributed by atoms with E-state index in [-0.39, 0.29) is 0 Å². The lowest BCUT2D eigenvalue weighted by Crippen LogP contribution is -2.16. The largest absolute Gasteiger partial charge is 0.303 e. The lowest BCUT2D eigenvalue weighted by Gasteiger charge is -2.29. The predicted molar refractivity (Wildman–Crippen MR) is 99.5 cm³/mol. The first-order valence-electron chi connectivity index (χ1n) is 10.4. The molecule has 2 fully saturated rings. The van der Waals surface area contributed by atoms with E-state index in [4.69, 9.17) is 0 Å². The van der Waals surface area contributed by atoms with Gasteiger partial charge in [0.2, 0.25) is 0 Å². The van der Waals surface area contributed by atoms with Crippen LogP contribution in [-0.2, 0) is 4.79 Å². The lowest BCUT2D eigenvalue weighted by molar-refractivity contribution is -0.112. The van der Waals surface area contributed by atoms with Crippen LogP contribution >= 0.6 is 0 Å². The Labute approximate surface area is 144 Å². The van der Waals surface area contributed by atoms with Crippen molar-refractivity contribution in [3.05, 3.63) is 12.2 Å². The van der Waals surface area contributed by atoms with E-state index in [9.17, 15) is 4.79 Å². The first kappa shape index (κ1) is 18.7. The summed E-state index contributed by atoms with van der Waals surface area (Å²) < 4.78 is 0. The van der Waals surface area contributed by atoms with Gasteiger partial charge in [-0.15, -0.1) is 0 Å². The van der Waals surface area contributed by atoms with Crippen molar-refractivity contribution in [2.75, 3.05) is 0 Å². The number of unbranched alkanes of at least 4 members (excludes halogenated alkanes) is 1. The standard InChI is InChI=1S/C22H38O/c1-2-3-4-7-19-10-12-20(13-11-19)8-5-6-9-21-14-16-22(18-23)17-15-21/h2-3,18-22H,4-17H2,1H3/b3-2+. The molecule has 0 heterocycles. The Bertz CT molecular complexity index is 330. The van der Waals surface area contributed by atoms with E-state index < -0.39 is 0 Å². The van der Waals surface area contributed by atoms with Crippen LogP contribution in [0.4, 0.5) is 0 Å². The van der Waals surface area contributed by atoms with Crippen LogP contribution in [0.15, 0.2) is 12.2 Å². The van der Waals surface area contributed by atoms with Crippen molar-refractivity contribution in [1.82, 2.24) is 0 Å². The second-order valence-electron chi connectivity index (χ2n) is 8.23. The summed E-state index contributed by atoms with van der Waals surface area (Å²) in [6.45, 7) is 2.13. The molecule has 0 bridgehead atoms. The second-order valence-corrected chi connectivity index (χ2v) is 8.23. The van der Waals surface area contributed by atoms with Gasteiger partial charge >= 0.3 is 0 Å². The highest BCUT2D eigenvalue weighted by molar-refractivity contribution is 5.53. The van der Waals surface area contributed by atoms with E-state index in [1.54, 1.807) is 0 Å². The highest BCUT2D eigenvalue weighted by Gasteiger charge is 2.22. The van der Waals surface area contributed by atoms with Gasteiger partial charge < -0.3 is 4.79 Å². The lowest BCUT2D eigenvalue weighted by atomic mass is 9.77. The average Bonchev–Trinajstić information content (AvgIpc) is 2.61. The predicted octanol–water partition coefficient (Wildman–Crippen LogP) is 6.71. The molecule has 2 aliphatic carbocycles. The van der Waals surface area contributed by atoms with Gasteiger partial charge in [-0.25, -0.2) is 0 Å². The Morgan fingerprint density at radius 2 is 1.22 bits per heavy atom. The Balaban J connectivity index is 1.47. The first-order chi connectivity index (χ1) is 11.3. The molecule has 0 N–H and O–H groups in total. The van der Waals surface area contributed by atoms with Crippen molar-refractivity contribution in [2.45, 2.75) is 96.8 Å². The smallest absolute Gasteiger partial charge is 0.123 e. The third-order valence-corrected chi connectivity index (χ3v) is 6.50. The van der Waals surface area contributed by atoms with E-state index >= 15 is 0 Å². The SMILES string of the molecule is C/C=C/CCC1CCC(CCCCC2CCC(C=O)CC2)CC1. The van der Waals surface area contributed by atoms with Crippen LogP contribution in [0.2, 0.25) is 0 Å². The summed E-state index contributed by atoms with van der Waals surface area (Å²) in [4.78, 5) is 10.8. The molecule has 2 saturated carbocycles. The fourth-order valence-electron chi connectivity index (χ4n) is 4.79. The summed E-state index contributed by atoms with van der Waals surface area (Å²) in [5.74, 6) is 3.34. The highest BCUT2D eigenvalue weighted by atomic mass is 16.1. The van der Waals surface area contributed by atoms with Crippen molar-refractivity contribution in [2.24, 2.45) is 23.7 Å². The molecule has 0 unspecified atom stereocenters. The van der Waals surface area contributed by atoms with E-state index in [1.807, 2.05) is 0 Å². The Morgan fingerprint density at radius 1 is 0.739 bits per heavy atom. The highest BCUT2D eigenvalue weighted by Crippen LogP contribution is 2.35. The molecule has 0 aliphatic heterocycles. The molecular weight excluding hydrogens is 280 g/mol.